The van der Waals surface area contributed by atoms with Gasteiger partial charge in [0.25, 0.3) is 5.69 Å². The van der Waals surface area contributed by atoms with Crippen molar-refractivity contribution >= 4 is 23.4 Å². The number of carbonyl (C=O) groups excluding carboxylic acids is 1. The van der Waals surface area contributed by atoms with Crippen LogP contribution >= 0.6 is 11.8 Å². The van der Waals surface area contributed by atoms with E-state index in [0.717, 1.165) is 28.5 Å². The average Bonchev–Trinajstić information content (AvgIpc) is 3.07. The maximum atomic E-state index is 12.7. The summed E-state index contributed by atoms with van der Waals surface area (Å²) < 4.78 is 6.88. The minimum Gasteiger partial charge on any atom is -0.457 e. The first-order valence-electron chi connectivity index (χ1n) is 8.27. The topological polar surface area (TPSA) is 113 Å². The molecule has 0 amide bonds. The fraction of sp³-hybridized carbons (Fsp3) is 0.222. The van der Waals surface area contributed by atoms with Crippen LogP contribution in [0.5, 0.6) is 0 Å². The summed E-state index contributed by atoms with van der Waals surface area (Å²) in [6, 6.07) is 9.90. The van der Waals surface area contributed by atoms with E-state index in [-0.39, 0.29) is 17.9 Å². The Morgan fingerprint density at radius 2 is 2.04 bits per heavy atom. The fourth-order valence-corrected chi connectivity index (χ4v) is 3.29. The summed E-state index contributed by atoms with van der Waals surface area (Å²) in [5.74, 6) is -0.651. The van der Waals surface area contributed by atoms with Crippen molar-refractivity contribution in [1.29, 1.82) is 0 Å². The summed E-state index contributed by atoms with van der Waals surface area (Å²) in [6.45, 7) is 3.96. The minimum atomic E-state index is -0.651. The van der Waals surface area contributed by atoms with E-state index >= 15 is 0 Å². The number of aryl methyl sites for hydroxylation is 3. The van der Waals surface area contributed by atoms with Crippen molar-refractivity contribution in [1.82, 2.24) is 20.2 Å². The van der Waals surface area contributed by atoms with Gasteiger partial charge in [-0.05, 0) is 53.2 Å². The first kappa shape index (κ1) is 19.5. The van der Waals surface area contributed by atoms with Crippen molar-refractivity contribution in [2.45, 2.75) is 30.5 Å². The van der Waals surface area contributed by atoms with Crippen molar-refractivity contribution in [3.63, 3.8) is 0 Å². The Bertz CT molecular complexity index is 1050. The number of benzene rings is 2. The molecule has 2 aromatic carbocycles. The van der Waals surface area contributed by atoms with Crippen LogP contribution in [0.1, 0.15) is 27.0 Å². The Kier molecular flexibility index (Phi) is 5.69. The van der Waals surface area contributed by atoms with Gasteiger partial charge in [-0.1, -0.05) is 23.8 Å². The summed E-state index contributed by atoms with van der Waals surface area (Å²) >= 11 is 1.13. The third kappa shape index (κ3) is 4.34. The smallest absolute Gasteiger partial charge is 0.339 e. The number of rotatable bonds is 6. The molecule has 0 N–H and O–H groups in total. The van der Waals surface area contributed by atoms with Gasteiger partial charge in [0, 0.05) is 24.1 Å². The molecule has 144 valence electrons. The number of hydrogen-bond acceptors (Lipinski definition) is 8. The number of non-ortho nitro benzene ring substituents is 1. The zero-order valence-corrected chi connectivity index (χ0v) is 16.3. The molecular weight excluding hydrogens is 382 g/mol. The van der Waals surface area contributed by atoms with Gasteiger partial charge in [0.05, 0.1) is 10.5 Å². The van der Waals surface area contributed by atoms with Crippen LogP contribution in [0.25, 0.3) is 0 Å². The van der Waals surface area contributed by atoms with Gasteiger partial charge in [-0.15, -0.1) is 5.10 Å². The van der Waals surface area contributed by atoms with E-state index < -0.39 is 10.9 Å². The predicted octanol–water partition coefficient (Wildman–Crippen LogP) is 3.24. The molecule has 0 aliphatic rings. The fourth-order valence-electron chi connectivity index (χ4n) is 2.46. The maximum Gasteiger partial charge on any atom is 0.339 e. The van der Waals surface area contributed by atoms with E-state index in [1.807, 2.05) is 32.0 Å². The molecule has 0 spiro atoms. The van der Waals surface area contributed by atoms with Crippen molar-refractivity contribution in [2.75, 3.05) is 0 Å². The number of nitrogens with zero attached hydrogens (tertiary/aromatic N) is 5. The Hall–Kier alpha value is -3.27. The molecule has 9 nitrogen and oxygen atoms in total. The standard InChI is InChI=1S/C18H17N5O4S/c1-11-4-5-12(2)13(8-11)10-27-17(24)15-9-14(23(25)26)6-7-16(15)28-18-19-20-21-22(18)3/h4-9H,10H2,1-3H3. The number of tetrazole rings is 1. The second-order valence-electron chi connectivity index (χ2n) is 6.13. The largest absolute Gasteiger partial charge is 0.457 e. The Morgan fingerprint density at radius 3 is 2.71 bits per heavy atom. The Labute approximate surface area is 164 Å². The van der Waals surface area contributed by atoms with E-state index in [2.05, 4.69) is 15.5 Å². The molecular formula is C18H17N5O4S. The maximum absolute atomic E-state index is 12.7. The summed E-state index contributed by atoms with van der Waals surface area (Å²) in [5, 5.41) is 22.7. The van der Waals surface area contributed by atoms with E-state index in [0.29, 0.717) is 10.1 Å². The summed E-state index contributed by atoms with van der Waals surface area (Å²) in [5.41, 5.74) is 2.83. The number of esters is 1. The molecule has 0 saturated heterocycles. The lowest BCUT2D eigenvalue weighted by molar-refractivity contribution is -0.384. The van der Waals surface area contributed by atoms with Crippen molar-refractivity contribution in [3.8, 4) is 0 Å². The molecule has 0 bridgehead atoms. The normalized spacial score (nSPS) is 10.7. The van der Waals surface area contributed by atoms with E-state index in [1.54, 1.807) is 7.05 Å². The van der Waals surface area contributed by atoms with Crippen LogP contribution in [0.15, 0.2) is 46.5 Å². The number of carbonyl (C=O) groups is 1. The third-order valence-corrected chi connectivity index (χ3v) is 5.14. The zero-order chi connectivity index (χ0) is 20.3. The van der Waals surface area contributed by atoms with E-state index in [4.69, 9.17) is 4.74 Å². The van der Waals surface area contributed by atoms with Gasteiger partial charge in [-0.3, -0.25) is 10.1 Å². The molecule has 1 aromatic heterocycles. The summed E-state index contributed by atoms with van der Waals surface area (Å²) in [7, 11) is 1.66. The van der Waals surface area contributed by atoms with Gasteiger partial charge in [0.2, 0.25) is 5.16 Å². The SMILES string of the molecule is Cc1ccc(C)c(COC(=O)c2cc([N+](=O)[O-])ccc2Sc2nnnn2C)c1. The molecule has 10 heteroatoms. The van der Waals surface area contributed by atoms with Gasteiger partial charge in [-0.25, -0.2) is 9.48 Å². The predicted molar refractivity (Wildman–Crippen MR) is 101 cm³/mol. The molecule has 0 unspecified atom stereocenters. The van der Waals surface area contributed by atoms with Gasteiger partial charge >= 0.3 is 5.97 Å². The zero-order valence-electron chi connectivity index (χ0n) is 15.4. The number of ether oxygens (including phenoxy) is 1. The highest BCUT2D eigenvalue weighted by Crippen LogP contribution is 2.31. The highest BCUT2D eigenvalue weighted by Gasteiger charge is 2.20. The molecule has 0 saturated carbocycles. The van der Waals surface area contributed by atoms with Gasteiger partial charge < -0.3 is 4.74 Å². The van der Waals surface area contributed by atoms with Crippen LogP contribution in [-0.2, 0) is 18.4 Å². The van der Waals surface area contributed by atoms with E-state index in [9.17, 15) is 14.9 Å². The first-order chi connectivity index (χ1) is 13.3. The van der Waals surface area contributed by atoms with Gasteiger partial charge in [0.1, 0.15) is 6.61 Å². The molecule has 0 radical (unpaired) electrons. The number of hydrogen-bond donors (Lipinski definition) is 0. The van der Waals surface area contributed by atoms with Crippen LogP contribution in [-0.4, -0.2) is 31.1 Å². The lowest BCUT2D eigenvalue weighted by Gasteiger charge is -2.11. The van der Waals surface area contributed by atoms with Crippen LogP contribution in [0.4, 0.5) is 5.69 Å². The van der Waals surface area contributed by atoms with Gasteiger partial charge in [-0.2, -0.15) is 0 Å². The molecule has 3 aromatic rings. The van der Waals surface area contributed by atoms with Crippen molar-refractivity contribution < 1.29 is 14.5 Å². The summed E-state index contributed by atoms with van der Waals surface area (Å²) in [6.07, 6.45) is 0. The minimum absolute atomic E-state index is 0.0741. The first-order valence-corrected chi connectivity index (χ1v) is 9.08. The van der Waals surface area contributed by atoms with E-state index in [1.165, 1.54) is 22.9 Å². The van der Waals surface area contributed by atoms with Crippen LogP contribution in [0.2, 0.25) is 0 Å². The van der Waals surface area contributed by atoms with Gasteiger partial charge in [0.15, 0.2) is 0 Å². The van der Waals surface area contributed by atoms with Crippen LogP contribution < -0.4 is 0 Å². The average molecular weight is 399 g/mol. The van der Waals surface area contributed by atoms with Crippen LogP contribution in [0.3, 0.4) is 0 Å². The number of nitro groups is 1. The molecule has 0 aliphatic heterocycles. The monoisotopic (exact) mass is 399 g/mol. The second kappa shape index (κ2) is 8.17. The highest BCUT2D eigenvalue weighted by atomic mass is 32.2. The molecule has 0 atom stereocenters. The summed E-state index contributed by atoms with van der Waals surface area (Å²) in [4.78, 5) is 23.7. The highest BCUT2D eigenvalue weighted by molar-refractivity contribution is 7.99. The third-order valence-electron chi connectivity index (χ3n) is 4.04. The lowest BCUT2D eigenvalue weighted by Crippen LogP contribution is -2.08. The Balaban J connectivity index is 1.88. The molecule has 1 heterocycles. The lowest BCUT2D eigenvalue weighted by atomic mass is 10.1. The Morgan fingerprint density at radius 1 is 1.25 bits per heavy atom. The number of nitro benzene ring substituents is 1. The second-order valence-corrected chi connectivity index (χ2v) is 7.14. The molecule has 0 fully saturated rings. The quantitative estimate of drug-likeness (QED) is 0.353. The molecule has 3 rings (SSSR count). The van der Waals surface area contributed by atoms with Crippen molar-refractivity contribution in [3.05, 3.63) is 68.8 Å². The number of aromatic nitrogens is 4. The molecule has 28 heavy (non-hydrogen) atoms. The van der Waals surface area contributed by atoms with Crippen LogP contribution in [0, 0.1) is 24.0 Å². The molecule has 0 aliphatic carbocycles. The van der Waals surface area contributed by atoms with Crippen molar-refractivity contribution in [2.24, 2.45) is 7.05 Å².